The van der Waals surface area contributed by atoms with Crippen molar-refractivity contribution in [3.05, 3.63) is 66.3 Å². The molecule has 1 amide bonds. The highest BCUT2D eigenvalue weighted by atomic mass is 16.1. The summed E-state index contributed by atoms with van der Waals surface area (Å²) < 4.78 is 2.10. The van der Waals surface area contributed by atoms with E-state index < -0.39 is 0 Å². The minimum Gasteiger partial charge on any atom is -0.344 e. The summed E-state index contributed by atoms with van der Waals surface area (Å²) in [6.45, 7) is 0.750. The van der Waals surface area contributed by atoms with Gasteiger partial charge >= 0.3 is 0 Å². The molecule has 126 valence electrons. The molecule has 0 saturated carbocycles. The first-order valence-corrected chi connectivity index (χ1v) is 8.32. The van der Waals surface area contributed by atoms with Crippen LogP contribution in [-0.2, 0) is 11.2 Å². The highest BCUT2D eigenvalue weighted by Crippen LogP contribution is 2.37. The largest absolute Gasteiger partial charge is 0.344 e. The van der Waals surface area contributed by atoms with Crippen molar-refractivity contribution >= 4 is 5.91 Å². The summed E-state index contributed by atoms with van der Waals surface area (Å²) in [5.74, 6) is -0.0522. The Hall–Kier alpha value is -2.40. The molecule has 0 spiro atoms. The Kier molecular flexibility index (Phi) is 5.11. The Morgan fingerprint density at radius 2 is 2.25 bits per heavy atom. The molecule has 2 aromatic rings. The van der Waals surface area contributed by atoms with Crippen LogP contribution in [-0.4, -0.2) is 41.0 Å². The maximum Gasteiger partial charge on any atom is 0.244 e. The third-order valence-corrected chi connectivity index (χ3v) is 4.43. The number of rotatable bonds is 5. The van der Waals surface area contributed by atoms with Gasteiger partial charge in [0.1, 0.15) is 0 Å². The summed E-state index contributed by atoms with van der Waals surface area (Å²) >= 11 is 0. The van der Waals surface area contributed by atoms with Gasteiger partial charge in [0.25, 0.3) is 0 Å². The smallest absolute Gasteiger partial charge is 0.244 e. The summed E-state index contributed by atoms with van der Waals surface area (Å²) in [5, 5.41) is 3.19. The Morgan fingerprint density at radius 1 is 1.42 bits per heavy atom. The molecule has 3 rings (SSSR count). The van der Waals surface area contributed by atoms with Crippen molar-refractivity contribution in [1.29, 1.82) is 0 Å². The van der Waals surface area contributed by atoms with Gasteiger partial charge in [-0.1, -0.05) is 30.3 Å². The minimum absolute atomic E-state index is 0.0411. The fourth-order valence-electron chi connectivity index (χ4n) is 3.28. The van der Waals surface area contributed by atoms with Crippen molar-refractivity contribution in [2.75, 3.05) is 20.6 Å². The maximum atomic E-state index is 12.4. The highest BCUT2D eigenvalue weighted by Gasteiger charge is 2.31. The number of aromatic nitrogens is 2. The lowest BCUT2D eigenvalue weighted by Crippen LogP contribution is -2.36. The molecule has 1 aromatic carbocycles. The second-order valence-electron chi connectivity index (χ2n) is 6.47. The summed E-state index contributed by atoms with van der Waals surface area (Å²) in [7, 11) is 3.96. The number of carbonyl (C=O) groups is 1. The monoisotopic (exact) mass is 324 g/mol. The highest BCUT2D eigenvalue weighted by molar-refractivity contribution is 5.87. The van der Waals surface area contributed by atoms with Crippen LogP contribution in [0.15, 0.2) is 55.1 Å². The molecular weight excluding hydrogens is 300 g/mol. The van der Waals surface area contributed by atoms with E-state index in [2.05, 4.69) is 33.1 Å². The SMILES string of the molecule is CN(C)C/C=C/C(=O)NC1c2ccccc2CCC1n1ccnc1. The average molecular weight is 324 g/mol. The van der Waals surface area contributed by atoms with Gasteiger partial charge < -0.3 is 14.8 Å². The number of imidazole rings is 1. The molecule has 24 heavy (non-hydrogen) atoms. The number of benzene rings is 1. The Labute approximate surface area is 143 Å². The quantitative estimate of drug-likeness (QED) is 0.859. The van der Waals surface area contributed by atoms with Gasteiger partial charge in [-0.05, 0) is 38.1 Å². The molecule has 0 saturated heterocycles. The lowest BCUT2D eigenvalue weighted by atomic mass is 9.84. The third kappa shape index (κ3) is 3.74. The van der Waals surface area contributed by atoms with E-state index in [-0.39, 0.29) is 18.0 Å². The number of carbonyl (C=O) groups excluding carboxylic acids is 1. The lowest BCUT2D eigenvalue weighted by Gasteiger charge is -2.34. The molecule has 1 aromatic heterocycles. The zero-order valence-corrected chi connectivity index (χ0v) is 14.2. The van der Waals surface area contributed by atoms with E-state index in [1.165, 1.54) is 11.1 Å². The first-order valence-electron chi connectivity index (χ1n) is 8.32. The van der Waals surface area contributed by atoms with Crippen LogP contribution in [0.25, 0.3) is 0 Å². The molecule has 1 aliphatic carbocycles. The van der Waals surface area contributed by atoms with Crippen LogP contribution < -0.4 is 5.32 Å². The molecule has 1 aliphatic rings. The van der Waals surface area contributed by atoms with Gasteiger partial charge in [-0.2, -0.15) is 0 Å². The topological polar surface area (TPSA) is 50.2 Å². The number of nitrogens with zero attached hydrogens (tertiary/aromatic N) is 3. The first-order chi connectivity index (χ1) is 11.6. The fourth-order valence-corrected chi connectivity index (χ4v) is 3.28. The summed E-state index contributed by atoms with van der Waals surface area (Å²) in [5.41, 5.74) is 2.52. The number of amides is 1. The Morgan fingerprint density at radius 3 is 3.00 bits per heavy atom. The summed E-state index contributed by atoms with van der Waals surface area (Å²) in [6.07, 6.45) is 11.1. The Bertz CT molecular complexity index is 706. The van der Waals surface area contributed by atoms with Crippen molar-refractivity contribution in [2.45, 2.75) is 24.9 Å². The predicted octanol–water partition coefficient (Wildman–Crippen LogP) is 2.35. The predicted molar refractivity (Wildman–Crippen MR) is 94.6 cm³/mol. The van der Waals surface area contributed by atoms with Crippen LogP contribution in [0.5, 0.6) is 0 Å². The second kappa shape index (κ2) is 7.45. The van der Waals surface area contributed by atoms with Crippen LogP contribution in [0.3, 0.4) is 0 Å². The average Bonchev–Trinajstić information content (AvgIpc) is 3.09. The number of aryl methyl sites for hydroxylation is 1. The van der Waals surface area contributed by atoms with E-state index in [1.54, 1.807) is 12.3 Å². The zero-order chi connectivity index (χ0) is 16.9. The van der Waals surface area contributed by atoms with Crippen LogP contribution in [0, 0.1) is 0 Å². The normalized spacial score (nSPS) is 20.3. The van der Waals surface area contributed by atoms with Crippen molar-refractivity contribution in [2.24, 2.45) is 0 Å². The third-order valence-electron chi connectivity index (χ3n) is 4.43. The standard InChI is InChI=1S/C19H24N4O/c1-22(2)12-5-8-18(24)21-19-16-7-4-3-6-15(16)9-10-17(19)23-13-11-20-14-23/h3-8,11,13-14,17,19H,9-10,12H2,1-2H3,(H,21,24)/b8-5+. The number of hydrogen-bond acceptors (Lipinski definition) is 3. The Balaban J connectivity index is 1.82. The van der Waals surface area contributed by atoms with Crippen LogP contribution >= 0.6 is 0 Å². The molecule has 5 nitrogen and oxygen atoms in total. The van der Waals surface area contributed by atoms with Gasteiger partial charge in [0.15, 0.2) is 0 Å². The van der Waals surface area contributed by atoms with Gasteiger partial charge in [0.2, 0.25) is 5.91 Å². The molecule has 5 heteroatoms. The molecule has 1 heterocycles. The molecule has 0 aliphatic heterocycles. The first kappa shape index (κ1) is 16.5. The number of nitrogens with one attached hydrogen (secondary N) is 1. The second-order valence-corrected chi connectivity index (χ2v) is 6.47. The van der Waals surface area contributed by atoms with Gasteiger partial charge in [0.05, 0.1) is 18.4 Å². The lowest BCUT2D eigenvalue weighted by molar-refractivity contribution is -0.117. The number of hydrogen-bond donors (Lipinski definition) is 1. The van der Waals surface area contributed by atoms with E-state index >= 15 is 0 Å². The van der Waals surface area contributed by atoms with Gasteiger partial charge in [-0.15, -0.1) is 0 Å². The van der Waals surface area contributed by atoms with Crippen LogP contribution in [0.4, 0.5) is 0 Å². The van der Waals surface area contributed by atoms with Crippen LogP contribution in [0.1, 0.15) is 29.6 Å². The fraction of sp³-hybridized carbons (Fsp3) is 0.368. The van der Waals surface area contributed by atoms with E-state index in [0.29, 0.717) is 0 Å². The van der Waals surface area contributed by atoms with Crippen molar-refractivity contribution in [3.8, 4) is 0 Å². The molecule has 1 N–H and O–H groups in total. The number of likely N-dealkylation sites (N-methyl/N-ethyl adjacent to an activating group) is 1. The number of fused-ring (bicyclic) bond motifs is 1. The minimum atomic E-state index is -0.0522. The van der Waals surface area contributed by atoms with E-state index in [9.17, 15) is 4.79 Å². The maximum absolute atomic E-state index is 12.4. The molecular formula is C19H24N4O. The molecule has 2 unspecified atom stereocenters. The van der Waals surface area contributed by atoms with Crippen LogP contribution in [0.2, 0.25) is 0 Å². The van der Waals surface area contributed by atoms with Crippen molar-refractivity contribution in [3.63, 3.8) is 0 Å². The molecule has 2 atom stereocenters. The van der Waals surface area contributed by atoms with E-state index in [0.717, 1.165) is 19.4 Å². The van der Waals surface area contributed by atoms with Gasteiger partial charge in [-0.25, -0.2) is 4.98 Å². The molecule has 0 radical (unpaired) electrons. The molecule has 0 bridgehead atoms. The van der Waals surface area contributed by atoms with Gasteiger partial charge in [-0.3, -0.25) is 4.79 Å². The molecule has 0 fully saturated rings. The van der Waals surface area contributed by atoms with Crippen molar-refractivity contribution in [1.82, 2.24) is 19.8 Å². The van der Waals surface area contributed by atoms with Crippen molar-refractivity contribution < 1.29 is 4.79 Å². The van der Waals surface area contributed by atoms with Gasteiger partial charge in [0, 0.05) is 25.0 Å². The van der Waals surface area contributed by atoms with E-state index in [4.69, 9.17) is 0 Å². The zero-order valence-electron chi connectivity index (χ0n) is 14.2. The summed E-state index contributed by atoms with van der Waals surface area (Å²) in [4.78, 5) is 18.6. The van der Waals surface area contributed by atoms with E-state index in [1.807, 2.05) is 43.7 Å². The summed E-state index contributed by atoms with van der Waals surface area (Å²) in [6, 6.07) is 8.52.